The van der Waals surface area contributed by atoms with Crippen LogP contribution in [0.5, 0.6) is 5.75 Å². The Labute approximate surface area is 102 Å². The highest BCUT2D eigenvalue weighted by atomic mass is 16.5. The molecule has 2 aromatic rings. The van der Waals surface area contributed by atoms with Gasteiger partial charge in [-0.25, -0.2) is 0 Å². The first-order valence-corrected chi connectivity index (χ1v) is 5.83. The molecule has 0 aliphatic heterocycles. The van der Waals surface area contributed by atoms with Gasteiger partial charge in [0.05, 0.1) is 12.6 Å². The van der Waals surface area contributed by atoms with Crippen molar-refractivity contribution in [1.29, 1.82) is 0 Å². The quantitative estimate of drug-likeness (QED) is 0.875. The number of ether oxygens (including phenoxy) is 1. The van der Waals surface area contributed by atoms with E-state index in [1.807, 2.05) is 19.2 Å². The molecule has 0 aliphatic rings. The summed E-state index contributed by atoms with van der Waals surface area (Å²) in [7, 11) is 3.64. The number of benzene rings is 1. The van der Waals surface area contributed by atoms with Crippen LogP contribution in [-0.2, 0) is 6.42 Å². The van der Waals surface area contributed by atoms with Gasteiger partial charge in [-0.15, -0.1) is 0 Å². The molecule has 2 rings (SSSR count). The Morgan fingerprint density at radius 2 is 2.12 bits per heavy atom. The zero-order valence-electron chi connectivity index (χ0n) is 10.6. The van der Waals surface area contributed by atoms with Crippen LogP contribution in [-0.4, -0.2) is 25.7 Å². The Balaban J connectivity index is 2.44. The number of nitrogens with one attached hydrogen (secondary N) is 1. The van der Waals surface area contributed by atoms with Gasteiger partial charge in [0.1, 0.15) is 5.75 Å². The van der Waals surface area contributed by atoms with Crippen LogP contribution in [0.25, 0.3) is 10.9 Å². The van der Waals surface area contributed by atoms with E-state index in [9.17, 15) is 0 Å². The number of fused-ring (bicyclic) bond motifs is 1. The SMILES string of the molecule is CNCCc1nc2cc(OC)ccc2cc1C. The van der Waals surface area contributed by atoms with Crippen molar-refractivity contribution in [3.05, 3.63) is 35.5 Å². The maximum Gasteiger partial charge on any atom is 0.121 e. The molecule has 0 radical (unpaired) electrons. The number of rotatable bonds is 4. The summed E-state index contributed by atoms with van der Waals surface area (Å²) < 4.78 is 5.22. The molecule has 0 atom stereocenters. The van der Waals surface area contributed by atoms with E-state index in [1.54, 1.807) is 7.11 Å². The summed E-state index contributed by atoms with van der Waals surface area (Å²) in [6.07, 6.45) is 0.954. The van der Waals surface area contributed by atoms with E-state index in [2.05, 4.69) is 24.4 Å². The summed E-state index contributed by atoms with van der Waals surface area (Å²) in [5, 5.41) is 4.31. The minimum Gasteiger partial charge on any atom is -0.497 e. The van der Waals surface area contributed by atoms with E-state index in [0.717, 1.165) is 35.3 Å². The van der Waals surface area contributed by atoms with Gasteiger partial charge >= 0.3 is 0 Å². The van der Waals surface area contributed by atoms with Crippen molar-refractivity contribution in [2.75, 3.05) is 20.7 Å². The molecular weight excluding hydrogens is 212 g/mol. The Morgan fingerprint density at radius 3 is 2.82 bits per heavy atom. The molecular formula is C14H18N2O. The van der Waals surface area contributed by atoms with Crippen molar-refractivity contribution in [2.45, 2.75) is 13.3 Å². The second-order valence-electron chi connectivity index (χ2n) is 4.16. The van der Waals surface area contributed by atoms with Crippen LogP contribution < -0.4 is 10.1 Å². The summed E-state index contributed by atoms with van der Waals surface area (Å²) in [4.78, 5) is 4.70. The Morgan fingerprint density at radius 1 is 1.29 bits per heavy atom. The first-order valence-electron chi connectivity index (χ1n) is 5.83. The lowest BCUT2D eigenvalue weighted by atomic mass is 10.1. The number of nitrogens with zero attached hydrogens (tertiary/aromatic N) is 1. The predicted octanol–water partition coefficient (Wildman–Crippen LogP) is 2.31. The molecule has 1 aromatic carbocycles. The van der Waals surface area contributed by atoms with Crippen LogP contribution in [0, 0.1) is 6.92 Å². The molecule has 1 heterocycles. The first-order chi connectivity index (χ1) is 8.24. The fourth-order valence-corrected chi connectivity index (χ4v) is 1.92. The molecule has 0 amide bonds. The van der Waals surface area contributed by atoms with Gasteiger partial charge in [0, 0.05) is 30.1 Å². The lowest BCUT2D eigenvalue weighted by Gasteiger charge is -2.08. The van der Waals surface area contributed by atoms with Crippen molar-refractivity contribution < 1.29 is 4.74 Å². The van der Waals surface area contributed by atoms with Crippen LogP contribution in [0.3, 0.4) is 0 Å². The number of aryl methyl sites for hydroxylation is 1. The van der Waals surface area contributed by atoms with Crippen molar-refractivity contribution in [3.63, 3.8) is 0 Å². The van der Waals surface area contributed by atoms with Gasteiger partial charge < -0.3 is 10.1 Å². The molecule has 0 spiro atoms. The minimum atomic E-state index is 0.855. The number of aromatic nitrogens is 1. The Bertz CT molecular complexity index is 523. The molecule has 1 aromatic heterocycles. The number of hydrogen-bond acceptors (Lipinski definition) is 3. The maximum atomic E-state index is 5.22. The second-order valence-corrected chi connectivity index (χ2v) is 4.16. The molecule has 0 aliphatic carbocycles. The fourth-order valence-electron chi connectivity index (χ4n) is 1.92. The number of pyridine rings is 1. The molecule has 90 valence electrons. The van der Waals surface area contributed by atoms with Crippen molar-refractivity contribution in [2.24, 2.45) is 0 Å². The van der Waals surface area contributed by atoms with Gasteiger partial charge in [-0.3, -0.25) is 4.98 Å². The van der Waals surface area contributed by atoms with Crippen LogP contribution in [0.2, 0.25) is 0 Å². The maximum absolute atomic E-state index is 5.22. The molecule has 0 unspecified atom stereocenters. The van der Waals surface area contributed by atoms with Gasteiger partial charge in [-0.2, -0.15) is 0 Å². The molecule has 1 N–H and O–H groups in total. The highest BCUT2D eigenvalue weighted by Crippen LogP contribution is 2.21. The van der Waals surface area contributed by atoms with Gasteiger partial charge in [0.25, 0.3) is 0 Å². The zero-order valence-corrected chi connectivity index (χ0v) is 10.6. The topological polar surface area (TPSA) is 34.2 Å². The molecule has 0 saturated carbocycles. The van der Waals surface area contributed by atoms with E-state index < -0.39 is 0 Å². The van der Waals surface area contributed by atoms with Crippen molar-refractivity contribution in [1.82, 2.24) is 10.3 Å². The average molecular weight is 230 g/mol. The lowest BCUT2D eigenvalue weighted by molar-refractivity contribution is 0.415. The standard InChI is InChI=1S/C14H18N2O/c1-10-8-11-4-5-12(17-3)9-14(11)16-13(10)6-7-15-2/h4-5,8-9,15H,6-7H2,1-3H3. The summed E-state index contributed by atoms with van der Waals surface area (Å²) >= 11 is 0. The predicted molar refractivity (Wildman–Crippen MR) is 70.7 cm³/mol. The van der Waals surface area contributed by atoms with Crippen LogP contribution in [0.4, 0.5) is 0 Å². The molecule has 0 fully saturated rings. The van der Waals surface area contributed by atoms with Crippen LogP contribution in [0.1, 0.15) is 11.3 Å². The van der Waals surface area contributed by atoms with Crippen molar-refractivity contribution >= 4 is 10.9 Å². The van der Waals surface area contributed by atoms with Crippen LogP contribution in [0.15, 0.2) is 24.3 Å². The van der Waals surface area contributed by atoms with E-state index >= 15 is 0 Å². The smallest absolute Gasteiger partial charge is 0.121 e. The summed E-state index contributed by atoms with van der Waals surface area (Å²) in [6.45, 7) is 3.06. The van der Waals surface area contributed by atoms with Gasteiger partial charge in [0.15, 0.2) is 0 Å². The largest absolute Gasteiger partial charge is 0.497 e. The second kappa shape index (κ2) is 5.15. The average Bonchev–Trinajstić information content (AvgIpc) is 2.35. The third kappa shape index (κ3) is 2.56. The van der Waals surface area contributed by atoms with Gasteiger partial charge in [-0.05, 0) is 37.7 Å². The highest BCUT2D eigenvalue weighted by molar-refractivity contribution is 5.81. The monoisotopic (exact) mass is 230 g/mol. The Hall–Kier alpha value is -1.61. The van der Waals surface area contributed by atoms with Gasteiger partial charge in [-0.1, -0.05) is 0 Å². The molecule has 0 bridgehead atoms. The minimum absolute atomic E-state index is 0.855. The number of hydrogen-bond donors (Lipinski definition) is 1. The van der Waals surface area contributed by atoms with E-state index in [4.69, 9.17) is 9.72 Å². The van der Waals surface area contributed by atoms with Crippen LogP contribution >= 0.6 is 0 Å². The number of methoxy groups -OCH3 is 1. The van der Waals surface area contributed by atoms with E-state index in [-0.39, 0.29) is 0 Å². The lowest BCUT2D eigenvalue weighted by Crippen LogP contribution is -2.12. The summed E-state index contributed by atoms with van der Waals surface area (Å²) in [6, 6.07) is 8.19. The molecule has 0 saturated heterocycles. The first kappa shape index (κ1) is 11.9. The normalized spacial score (nSPS) is 10.8. The fraction of sp³-hybridized carbons (Fsp3) is 0.357. The molecule has 3 heteroatoms. The number of likely N-dealkylation sites (N-methyl/N-ethyl adjacent to an activating group) is 1. The van der Waals surface area contributed by atoms with Crippen molar-refractivity contribution in [3.8, 4) is 5.75 Å². The zero-order chi connectivity index (χ0) is 12.3. The van der Waals surface area contributed by atoms with E-state index in [0.29, 0.717) is 0 Å². The van der Waals surface area contributed by atoms with Gasteiger partial charge in [0.2, 0.25) is 0 Å². The molecule has 3 nitrogen and oxygen atoms in total. The van der Waals surface area contributed by atoms with E-state index in [1.165, 1.54) is 5.56 Å². The third-order valence-corrected chi connectivity index (χ3v) is 2.93. The molecule has 17 heavy (non-hydrogen) atoms. The third-order valence-electron chi connectivity index (χ3n) is 2.93. The summed E-state index contributed by atoms with van der Waals surface area (Å²) in [5.74, 6) is 0.855. The summed E-state index contributed by atoms with van der Waals surface area (Å²) in [5.41, 5.74) is 3.40. The Kier molecular flexibility index (Phi) is 3.59. The highest BCUT2D eigenvalue weighted by Gasteiger charge is 2.04.